The fourth-order valence-electron chi connectivity index (χ4n) is 2.15. The zero-order valence-corrected chi connectivity index (χ0v) is 14.9. The molecule has 1 amide bonds. The molecule has 0 aliphatic rings. The van der Waals surface area contributed by atoms with Crippen molar-refractivity contribution >= 4 is 29.3 Å². The number of nitrogens with one attached hydrogen (secondary N) is 1. The molecular formula is C19H21NO3S. The van der Waals surface area contributed by atoms with Gasteiger partial charge in [0.15, 0.2) is 6.61 Å². The molecule has 0 heterocycles. The van der Waals surface area contributed by atoms with E-state index in [2.05, 4.69) is 5.32 Å². The van der Waals surface area contributed by atoms with Crippen molar-refractivity contribution in [1.29, 1.82) is 0 Å². The highest BCUT2D eigenvalue weighted by Gasteiger charge is 2.17. The van der Waals surface area contributed by atoms with E-state index in [1.165, 1.54) is 11.8 Å². The summed E-state index contributed by atoms with van der Waals surface area (Å²) in [6.45, 7) is 5.40. The standard InChI is InChI=1S/C19H21NO3S/c1-13-9-10-17(14(2)11-13)20-18(21)12-23-19(22)15(3)24-16-7-5-4-6-8-16/h4-11,15H,12H2,1-3H3,(H,20,21)/t15-/m1/s1. The second kappa shape index (κ2) is 8.55. The molecule has 24 heavy (non-hydrogen) atoms. The molecule has 2 aromatic carbocycles. The van der Waals surface area contributed by atoms with Gasteiger partial charge in [-0.15, -0.1) is 11.8 Å². The monoisotopic (exact) mass is 343 g/mol. The molecule has 5 heteroatoms. The molecule has 0 spiro atoms. The van der Waals surface area contributed by atoms with E-state index in [9.17, 15) is 9.59 Å². The lowest BCUT2D eigenvalue weighted by atomic mass is 10.1. The highest BCUT2D eigenvalue weighted by molar-refractivity contribution is 8.00. The van der Waals surface area contributed by atoms with E-state index >= 15 is 0 Å². The summed E-state index contributed by atoms with van der Waals surface area (Å²) >= 11 is 1.41. The van der Waals surface area contributed by atoms with Crippen LogP contribution < -0.4 is 5.32 Å². The Morgan fingerprint density at radius 3 is 2.50 bits per heavy atom. The molecule has 0 aliphatic carbocycles. The van der Waals surface area contributed by atoms with Crippen LogP contribution in [0.25, 0.3) is 0 Å². The van der Waals surface area contributed by atoms with Crippen LogP contribution >= 0.6 is 11.8 Å². The first-order valence-corrected chi connectivity index (χ1v) is 8.59. The number of hydrogen-bond acceptors (Lipinski definition) is 4. The summed E-state index contributed by atoms with van der Waals surface area (Å²) in [4.78, 5) is 24.9. The van der Waals surface area contributed by atoms with Crippen LogP contribution in [0.4, 0.5) is 5.69 Å². The number of hydrogen-bond donors (Lipinski definition) is 1. The van der Waals surface area contributed by atoms with Gasteiger partial charge in [-0.25, -0.2) is 0 Å². The zero-order chi connectivity index (χ0) is 17.5. The van der Waals surface area contributed by atoms with Crippen LogP contribution in [0.5, 0.6) is 0 Å². The number of ether oxygens (including phenoxy) is 1. The molecule has 126 valence electrons. The van der Waals surface area contributed by atoms with Crippen molar-refractivity contribution in [3.63, 3.8) is 0 Å². The summed E-state index contributed by atoms with van der Waals surface area (Å²) in [5.74, 6) is -0.744. The number of rotatable bonds is 6. The van der Waals surface area contributed by atoms with Gasteiger partial charge in [-0.3, -0.25) is 9.59 Å². The van der Waals surface area contributed by atoms with Crippen molar-refractivity contribution in [3.05, 3.63) is 59.7 Å². The largest absolute Gasteiger partial charge is 0.455 e. The second-order valence-corrected chi connectivity index (χ2v) is 6.96. The van der Waals surface area contributed by atoms with E-state index in [0.717, 1.165) is 21.7 Å². The van der Waals surface area contributed by atoms with Crippen LogP contribution in [0.2, 0.25) is 0 Å². The van der Waals surface area contributed by atoms with Crippen LogP contribution in [0.1, 0.15) is 18.1 Å². The molecule has 2 rings (SSSR count). The van der Waals surface area contributed by atoms with Gasteiger partial charge < -0.3 is 10.1 Å². The minimum absolute atomic E-state index is 0.286. The predicted molar refractivity (Wildman–Crippen MR) is 97.3 cm³/mol. The first-order chi connectivity index (χ1) is 11.5. The summed E-state index contributed by atoms with van der Waals surface area (Å²) in [5.41, 5.74) is 2.83. The third kappa shape index (κ3) is 5.42. The number of aryl methyl sites for hydroxylation is 2. The topological polar surface area (TPSA) is 55.4 Å². The van der Waals surface area contributed by atoms with E-state index in [1.807, 2.05) is 62.4 Å². The lowest BCUT2D eigenvalue weighted by molar-refractivity contribution is -0.146. The Morgan fingerprint density at radius 1 is 1.12 bits per heavy atom. The van der Waals surface area contributed by atoms with E-state index < -0.39 is 5.97 Å². The summed E-state index contributed by atoms with van der Waals surface area (Å²) in [5, 5.41) is 2.38. The maximum atomic E-state index is 12.0. The van der Waals surface area contributed by atoms with Gasteiger partial charge in [-0.2, -0.15) is 0 Å². The maximum absolute atomic E-state index is 12.0. The highest BCUT2D eigenvalue weighted by atomic mass is 32.2. The molecule has 0 fully saturated rings. The Morgan fingerprint density at radius 2 is 1.83 bits per heavy atom. The van der Waals surface area contributed by atoms with E-state index in [-0.39, 0.29) is 17.8 Å². The first kappa shape index (κ1) is 18.1. The average molecular weight is 343 g/mol. The number of carbonyl (C=O) groups is 2. The number of carbonyl (C=O) groups excluding carboxylic acids is 2. The highest BCUT2D eigenvalue weighted by Crippen LogP contribution is 2.23. The average Bonchev–Trinajstić information content (AvgIpc) is 2.56. The van der Waals surface area contributed by atoms with Gasteiger partial charge in [-0.05, 0) is 44.5 Å². The van der Waals surface area contributed by atoms with Gasteiger partial charge in [-0.1, -0.05) is 35.9 Å². The molecule has 1 atom stereocenters. The minimum Gasteiger partial charge on any atom is -0.455 e. The lowest BCUT2D eigenvalue weighted by Crippen LogP contribution is -2.25. The molecule has 0 saturated carbocycles. The smallest absolute Gasteiger partial charge is 0.319 e. The molecular weight excluding hydrogens is 322 g/mol. The molecule has 0 aromatic heterocycles. The van der Waals surface area contributed by atoms with Crippen molar-refractivity contribution < 1.29 is 14.3 Å². The summed E-state index contributed by atoms with van der Waals surface area (Å²) in [7, 11) is 0. The van der Waals surface area contributed by atoms with Gasteiger partial charge >= 0.3 is 5.97 Å². The summed E-state index contributed by atoms with van der Waals surface area (Å²) in [6, 6.07) is 15.4. The Balaban J connectivity index is 1.81. The van der Waals surface area contributed by atoms with Crippen molar-refractivity contribution in [2.24, 2.45) is 0 Å². The van der Waals surface area contributed by atoms with Crippen molar-refractivity contribution in [1.82, 2.24) is 0 Å². The molecule has 2 aromatic rings. The summed E-state index contributed by atoms with van der Waals surface area (Å²) in [6.07, 6.45) is 0. The molecule has 0 radical (unpaired) electrons. The van der Waals surface area contributed by atoms with Crippen LogP contribution in [-0.4, -0.2) is 23.7 Å². The molecule has 0 aliphatic heterocycles. The van der Waals surface area contributed by atoms with E-state index in [0.29, 0.717) is 0 Å². The maximum Gasteiger partial charge on any atom is 0.319 e. The Labute approximate surface area is 146 Å². The van der Waals surface area contributed by atoms with Crippen molar-refractivity contribution in [2.45, 2.75) is 30.9 Å². The normalized spacial score (nSPS) is 11.6. The lowest BCUT2D eigenvalue weighted by Gasteiger charge is -2.12. The fraction of sp³-hybridized carbons (Fsp3) is 0.263. The SMILES string of the molecule is Cc1ccc(NC(=O)COC(=O)[C@@H](C)Sc2ccccc2)c(C)c1. The third-order valence-corrected chi connectivity index (χ3v) is 4.48. The molecule has 0 bridgehead atoms. The second-order valence-electron chi connectivity index (χ2n) is 5.55. The zero-order valence-electron chi connectivity index (χ0n) is 14.0. The molecule has 4 nitrogen and oxygen atoms in total. The number of thioether (sulfide) groups is 1. The number of benzene rings is 2. The van der Waals surface area contributed by atoms with Crippen LogP contribution in [0.3, 0.4) is 0 Å². The minimum atomic E-state index is -0.403. The molecule has 1 N–H and O–H groups in total. The van der Waals surface area contributed by atoms with Gasteiger partial charge in [0, 0.05) is 10.6 Å². The third-order valence-electron chi connectivity index (χ3n) is 3.39. The van der Waals surface area contributed by atoms with E-state index in [1.54, 1.807) is 6.92 Å². The fourth-order valence-corrected chi connectivity index (χ4v) is 3.03. The van der Waals surface area contributed by atoms with Crippen molar-refractivity contribution in [2.75, 3.05) is 11.9 Å². The van der Waals surface area contributed by atoms with Gasteiger partial charge in [0.2, 0.25) is 0 Å². The molecule has 0 unspecified atom stereocenters. The van der Waals surface area contributed by atoms with Gasteiger partial charge in [0.25, 0.3) is 5.91 Å². The Hall–Kier alpha value is -2.27. The Kier molecular flexibility index (Phi) is 6.44. The Bertz CT molecular complexity index is 716. The van der Waals surface area contributed by atoms with Crippen molar-refractivity contribution in [3.8, 4) is 0 Å². The number of amides is 1. The summed E-state index contributed by atoms with van der Waals surface area (Å²) < 4.78 is 5.10. The predicted octanol–water partition coefficient (Wildman–Crippen LogP) is 3.97. The first-order valence-electron chi connectivity index (χ1n) is 7.71. The van der Waals surface area contributed by atoms with Gasteiger partial charge in [0.05, 0.1) is 0 Å². The van der Waals surface area contributed by atoms with Crippen LogP contribution in [-0.2, 0) is 14.3 Å². The number of anilines is 1. The quantitative estimate of drug-likeness (QED) is 0.637. The number of esters is 1. The van der Waals surface area contributed by atoms with Crippen LogP contribution in [0, 0.1) is 13.8 Å². The molecule has 0 saturated heterocycles. The van der Waals surface area contributed by atoms with Crippen LogP contribution in [0.15, 0.2) is 53.4 Å². The van der Waals surface area contributed by atoms with Gasteiger partial charge in [0.1, 0.15) is 5.25 Å². The van der Waals surface area contributed by atoms with E-state index in [4.69, 9.17) is 4.74 Å².